The number of methoxy groups -OCH3 is 2. The van der Waals surface area contributed by atoms with Gasteiger partial charge in [0.1, 0.15) is 11.5 Å². The van der Waals surface area contributed by atoms with Crippen LogP contribution in [-0.2, 0) is 26.2 Å². The number of fused-ring (bicyclic) bond motifs is 5. The summed E-state index contributed by atoms with van der Waals surface area (Å²) >= 11 is 7.90. The molecule has 2 saturated heterocycles. The van der Waals surface area contributed by atoms with Crippen LogP contribution in [0.15, 0.2) is 85.0 Å². The van der Waals surface area contributed by atoms with Gasteiger partial charge in [-0.1, -0.05) is 60.2 Å². The van der Waals surface area contributed by atoms with Gasteiger partial charge in [-0.05, 0) is 97.1 Å². The first kappa shape index (κ1) is 38.5. The minimum Gasteiger partial charge on any atom is -0.502 e. The highest BCUT2D eigenvalue weighted by atomic mass is 35.5. The Morgan fingerprint density at radius 2 is 1.64 bits per heavy atom. The normalized spacial score (nSPS) is 25.1. The number of imide groups is 2. The predicted octanol–water partition coefficient (Wildman–Crippen LogP) is 8.61. The molecule has 0 bridgehead atoms. The van der Waals surface area contributed by atoms with E-state index in [1.807, 2.05) is 62.4 Å². The maximum absolute atomic E-state index is 15.2. The number of rotatable bonds is 8. The number of nitrogens with zero attached hydrogens (tertiary/aromatic N) is 4. The first-order valence-corrected chi connectivity index (χ1v) is 20.5. The van der Waals surface area contributed by atoms with Gasteiger partial charge in [0.25, 0.3) is 0 Å². The van der Waals surface area contributed by atoms with Crippen LogP contribution in [0.25, 0.3) is 32.8 Å². The lowest BCUT2D eigenvalue weighted by Crippen LogP contribution is -2.49. The molecule has 3 fully saturated rings. The van der Waals surface area contributed by atoms with Crippen LogP contribution in [0.4, 0.5) is 11.5 Å². The third kappa shape index (κ3) is 5.71. The van der Waals surface area contributed by atoms with Crippen molar-refractivity contribution < 1.29 is 33.8 Å². The lowest BCUT2D eigenvalue weighted by Gasteiger charge is -2.47. The smallest absolute Gasteiger partial charge is 0.242 e. The van der Waals surface area contributed by atoms with E-state index in [0.717, 1.165) is 31.7 Å². The van der Waals surface area contributed by atoms with Crippen molar-refractivity contribution in [1.82, 2.24) is 9.78 Å². The highest BCUT2D eigenvalue weighted by Gasteiger charge is 2.67. The second kappa shape index (κ2) is 14.1. The molecule has 300 valence electrons. The number of aromatic nitrogens is 2. The third-order valence-corrected chi connectivity index (χ3v) is 14.5. The average molecular weight is 829 g/mol. The number of hydrogen-bond donors (Lipinski definition) is 1. The first-order chi connectivity index (χ1) is 28.3. The number of halogens is 1. The van der Waals surface area contributed by atoms with Crippen LogP contribution in [0.3, 0.4) is 0 Å². The van der Waals surface area contributed by atoms with Crippen LogP contribution >= 0.6 is 22.9 Å². The Labute approximate surface area is 349 Å². The molecule has 13 heteroatoms. The van der Waals surface area contributed by atoms with Gasteiger partial charge < -0.3 is 14.6 Å². The van der Waals surface area contributed by atoms with Gasteiger partial charge in [0.15, 0.2) is 11.5 Å². The highest BCUT2D eigenvalue weighted by molar-refractivity contribution is 7.22. The largest absolute Gasteiger partial charge is 0.502 e. The van der Waals surface area contributed by atoms with Crippen molar-refractivity contribution in [2.24, 2.45) is 42.1 Å². The maximum atomic E-state index is 15.2. The molecule has 4 amide bonds. The van der Waals surface area contributed by atoms with Gasteiger partial charge in [-0.15, -0.1) is 11.3 Å². The Hall–Kier alpha value is -5.98. The SMILES string of the molecule is C=Cc1ccc(N2C(=O)C3CC=C4C(CC5C(=O)N(c6cc(-c7sc8ccc(Cl)cc8c7C)nn6C)C(=O)C5(C)C4C=Cc4cc(OC)c(O)c(OC)c4)C3C2=O)cc1. The molecule has 0 spiro atoms. The summed E-state index contributed by atoms with van der Waals surface area (Å²) in [5.41, 5.74) is 3.16. The molecule has 59 heavy (non-hydrogen) atoms. The Balaban J connectivity index is 1.14. The molecule has 2 aliphatic heterocycles. The number of anilines is 2. The van der Waals surface area contributed by atoms with Crippen LogP contribution in [0.1, 0.15) is 36.5 Å². The van der Waals surface area contributed by atoms with Gasteiger partial charge in [-0.25, -0.2) is 4.90 Å². The number of thiophene rings is 1. The summed E-state index contributed by atoms with van der Waals surface area (Å²) in [5, 5.41) is 17.1. The molecule has 4 heterocycles. The van der Waals surface area contributed by atoms with Gasteiger partial charge >= 0.3 is 0 Å². The summed E-state index contributed by atoms with van der Waals surface area (Å²) in [6.07, 6.45) is 7.94. The van der Waals surface area contributed by atoms with E-state index < -0.39 is 35.0 Å². The van der Waals surface area contributed by atoms with E-state index >= 15 is 4.79 Å². The number of aromatic hydroxyl groups is 1. The van der Waals surface area contributed by atoms with Crippen LogP contribution in [0, 0.1) is 41.9 Å². The summed E-state index contributed by atoms with van der Waals surface area (Å²) in [6, 6.07) is 18.0. The zero-order valence-corrected chi connectivity index (χ0v) is 34.6. The Morgan fingerprint density at radius 1 is 0.932 bits per heavy atom. The van der Waals surface area contributed by atoms with Crippen molar-refractivity contribution in [3.05, 3.63) is 107 Å². The van der Waals surface area contributed by atoms with E-state index in [1.54, 1.807) is 59.5 Å². The van der Waals surface area contributed by atoms with Crippen molar-refractivity contribution in [1.29, 1.82) is 0 Å². The average Bonchev–Trinajstić information content (AvgIpc) is 3.90. The van der Waals surface area contributed by atoms with Crippen LogP contribution < -0.4 is 19.3 Å². The van der Waals surface area contributed by atoms with Gasteiger partial charge in [-0.2, -0.15) is 5.10 Å². The second-order valence-corrected chi connectivity index (χ2v) is 17.3. The van der Waals surface area contributed by atoms with Gasteiger partial charge in [0.2, 0.25) is 29.4 Å². The van der Waals surface area contributed by atoms with E-state index in [4.69, 9.17) is 26.2 Å². The molecule has 4 aliphatic rings. The number of phenolic OH excluding ortho intramolecular Hbond substituents is 1. The van der Waals surface area contributed by atoms with Crippen molar-refractivity contribution in [2.75, 3.05) is 24.0 Å². The molecule has 3 aromatic carbocycles. The molecule has 1 saturated carbocycles. The van der Waals surface area contributed by atoms with E-state index in [0.29, 0.717) is 34.2 Å². The molecule has 2 aromatic heterocycles. The third-order valence-electron chi connectivity index (χ3n) is 12.9. The second-order valence-electron chi connectivity index (χ2n) is 15.9. The van der Waals surface area contributed by atoms with Crippen molar-refractivity contribution >= 4 is 80.3 Å². The monoisotopic (exact) mass is 828 g/mol. The predicted molar refractivity (Wildman–Crippen MR) is 228 cm³/mol. The number of amides is 4. The summed E-state index contributed by atoms with van der Waals surface area (Å²) < 4.78 is 13.5. The fraction of sp³-hybridized carbons (Fsp3) is 0.283. The number of carbonyl (C=O) groups is 4. The van der Waals surface area contributed by atoms with Crippen LogP contribution in [0.5, 0.6) is 17.2 Å². The summed E-state index contributed by atoms with van der Waals surface area (Å²) in [6.45, 7) is 7.65. The van der Waals surface area contributed by atoms with Crippen LogP contribution in [-0.4, -0.2) is 52.7 Å². The summed E-state index contributed by atoms with van der Waals surface area (Å²) in [5.74, 6) is -4.06. The number of carbonyl (C=O) groups excluding carboxylic acids is 4. The quantitative estimate of drug-likeness (QED) is 0.122. The van der Waals surface area contributed by atoms with E-state index in [9.17, 15) is 19.5 Å². The Morgan fingerprint density at radius 3 is 2.32 bits per heavy atom. The molecule has 6 unspecified atom stereocenters. The maximum Gasteiger partial charge on any atom is 0.242 e. The lowest BCUT2D eigenvalue weighted by molar-refractivity contribution is -0.132. The summed E-state index contributed by atoms with van der Waals surface area (Å²) in [7, 11) is 4.61. The Bertz CT molecular complexity index is 2690. The minimum absolute atomic E-state index is 0.150. The number of phenols is 1. The zero-order valence-electron chi connectivity index (χ0n) is 33.1. The molecule has 9 rings (SSSR count). The van der Waals surface area contributed by atoms with E-state index in [1.165, 1.54) is 24.0 Å². The fourth-order valence-electron chi connectivity index (χ4n) is 9.88. The topological polar surface area (TPSA) is 131 Å². The first-order valence-electron chi connectivity index (χ1n) is 19.4. The molecule has 2 aliphatic carbocycles. The molecule has 11 nitrogen and oxygen atoms in total. The molecule has 5 aromatic rings. The molecular formula is C46H41ClN4O7S. The zero-order chi connectivity index (χ0) is 41.7. The summed E-state index contributed by atoms with van der Waals surface area (Å²) in [4.78, 5) is 62.2. The van der Waals surface area contributed by atoms with Gasteiger partial charge in [0, 0.05) is 28.8 Å². The highest BCUT2D eigenvalue weighted by Crippen LogP contribution is 2.61. The number of ether oxygens (including phenoxy) is 2. The van der Waals surface area contributed by atoms with E-state index in [-0.39, 0.29) is 47.3 Å². The van der Waals surface area contributed by atoms with Crippen LogP contribution in [0.2, 0.25) is 5.02 Å². The fourth-order valence-corrected chi connectivity index (χ4v) is 11.2. The lowest BCUT2D eigenvalue weighted by atomic mass is 9.52. The minimum atomic E-state index is -1.27. The number of hydrogen-bond acceptors (Lipinski definition) is 9. The van der Waals surface area contributed by atoms with Crippen molar-refractivity contribution in [2.45, 2.75) is 26.7 Å². The van der Waals surface area contributed by atoms with E-state index in [2.05, 4.69) is 6.58 Å². The number of benzene rings is 3. The van der Waals surface area contributed by atoms with Crippen molar-refractivity contribution in [3.8, 4) is 27.8 Å². The molecule has 1 N–H and O–H groups in total. The van der Waals surface area contributed by atoms with Crippen molar-refractivity contribution in [3.63, 3.8) is 0 Å². The standard InChI is InChI=1S/C46H41ClN4O7S/c1-7-24-8-12-27(13-9-24)50-42(53)29-15-14-28-31(39(29)44(50)55)21-33-43(54)51(38-22-34(48-49(38)4)41-23(2)30-20-26(47)11-17-37(30)59-41)45(56)46(33,3)32(28)16-10-25-18-35(57-5)40(52)36(19-25)58-6/h7-14,16-20,22,29,31-33,39,52H,1,15,21H2,2-6H3. The number of allylic oxidation sites excluding steroid dienone is 3. The van der Waals surface area contributed by atoms with Gasteiger partial charge in [0.05, 0.1) is 48.0 Å². The number of aryl methyl sites for hydroxylation is 2. The molecule has 6 atom stereocenters. The van der Waals surface area contributed by atoms with Gasteiger partial charge in [-0.3, -0.25) is 28.8 Å². The molecule has 0 radical (unpaired) electrons. The molecular weight excluding hydrogens is 788 g/mol. The Kier molecular flexibility index (Phi) is 9.20.